The summed E-state index contributed by atoms with van der Waals surface area (Å²) in [6.45, 7) is 2.43. The molecule has 8 nitrogen and oxygen atoms in total. The molecule has 0 radical (unpaired) electrons. The van der Waals surface area contributed by atoms with Crippen molar-refractivity contribution in [2.75, 3.05) is 39.7 Å². The lowest BCUT2D eigenvalue weighted by Crippen LogP contribution is -2.30. The predicted molar refractivity (Wildman–Crippen MR) is 128 cm³/mol. The molecule has 2 heterocycles. The fourth-order valence-corrected chi connectivity index (χ4v) is 4.13. The Balaban J connectivity index is 1.68. The topological polar surface area (TPSA) is 90.5 Å². The van der Waals surface area contributed by atoms with Gasteiger partial charge in [0.15, 0.2) is 5.82 Å². The highest BCUT2D eigenvalue weighted by Crippen LogP contribution is 2.38. The van der Waals surface area contributed by atoms with Crippen LogP contribution in [0.3, 0.4) is 0 Å². The first-order chi connectivity index (χ1) is 14.8. The molecule has 160 valence electrons. The van der Waals surface area contributed by atoms with Gasteiger partial charge in [0.1, 0.15) is 5.69 Å². The highest BCUT2D eigenvalue weighted by molar-refractivity contribution is 8.00. The van der Waals surface area contributed by atoms with E-state index in [0.717, 1.165) is 11.4 Å². The second-order valence-electron chi connectivity index (χ2n) is 7.34. The summed E-state index contributed by atoms with van der Waals surface area (Å²) in [7, 11) is -0.447. The molecule has 2 aromatic carbocycles. The molecule has 0 spiro atoms. The van der Waals surface area contributed by atoms with Crippen LogP contribution in [0, 0.1) is 0 Å². The zero-order chi connectivity index (χ0) is 22.2. The molecule has 1 atom stereocenters. The van der Waals surface area contributed by atoms with Gasteiger partial charge >= 0.3 is 0 Å². The van der Waals surface area contributed by atoms with Crippen LogP contribution in [-0.4, -0.2) is 45.8 Å². The lowest BCUT2D eigenvalue weighted by Gasteiger charge is -2.22. The summed E-state index contributed by atoms with van der Waals surface area (Å²) in [4.78, 5) is 25.8. The van der Waals surface area contributed by atoms with Gasteiger partial charge in [-0.1, -0.05) is 12.1 Å². The van der Waals surface area contributed by atoms with Crippen LogP contribution in [0.4, 0.5) is 34.5 Å². The Morgan fingerprint density at radius 1 is 1.06 bits per heavy atom. The van der Waals surface area contributed by atoms with Crippen LogP contribution in [0.2, 0.25) is 0 Å². The Kier molecular flexibility index (Phi) is 5.28. The average molecular weight is 437 g/mol. The molecular weight excluding hydrogens is 412 g/mol. The highest BCUT2D eigenvalue weighted by Gasteiger charge is 2.30. The summed E-state index contributed by atoms with van der Waals surface area (Å²) >= 11 is 0. The van der Waals surface area contributed by atoms with Crippen LogP contribution in [0.15, 0.2) is 54.7 Å². The molecule has 0 fully saturated rings. The number of hydrogen-bond donors (Lipinski definition) is 2. The maximum absolute atomic E-state index is 13.1. The van der Waals surface area contributed by atoms with E-state index in [-0.39, 0.29) is 5.91 Å². The van der Waals surface area contributed by atoms with Gasteiger partial charge in [0.25, 0.3) is 5.91 Å². The Morgan fingerprint density at radius 3 is 2.42 bits per heavy atom. The molecule has 1 aromatic heterocycles. The van der Waals surface area contributed by atoms with Crippen LogP contribution in [0.1, 0.15) is 17.3 Å². The number of carbonyl (C=O) groups is 1. The van der Waals surface area contributed by atoms with E-state index in [1.54, 1.807) is 29.5 Å². The number of rotatable bonds is 5. The Bertz CT molecular complexity index is 1240. The standard InChI is InChI=1S/C22H24N6O2S/c1-5-28-19-14-23-22(24-15-10-12-16(13-11-15)26-31(3,4)30)25-20(19)27(2)18-9-7-6-8-17(18)21(28)29/h6-14H,3,5H2,1-2,4H3,(H,26,30)(H,23,24,25). The molecule has 1 amide bonds. The van der Waals surface area contributed by atoms with Crippen molar-refractivity contribution < 1.29 is 9.00 Å². The van der Waals surface area contributed by atoms with Gasteiger partial charge in [0, 0.05) is 40.9 Å². The van der Waals surface area contributed by atoms with Crippen molar-refractivity contribution in [1.29, 1.82) is 0 Å². The van der Waals surface area contributed by atoms with Gasteiger partial charge < -0.3 is 19.8 Å². The number of para-hydroxylation sites is 1. The van der Waals surface area contributed by atoms with Crippen molar-refractivity contribution in [3.05, 3.63) is 60.3 Å². The third-order valence-corrected chi connectivity index (χ3v) is 5.56. The number of nitrogens with zero attached hydrogens (tertiary/aromatic N) is 4. The van der Waals surface area contributed by atoms with Crippen LogP contribution in [-0.2, 0) is 9.71 Å². The van der Waals surface area contributed by atoms with E-state index in [4.69, 9.17) is 4.98 Å². The number of amides is 1. The van der Waals surface area contributed by atoms with Crippen molar-refractivity contribution in [3.63, 3.8) is 0 Å². The SMILES string of the molecule is C=S(C)(=O)Nc1ccc(Nc2ncc3c(n2)N(C)c2ccccc2C(=O)N3CC)cc1. The van der Waals surface area contributed by atoms with E-state index in [1.165, 1.54) is 0 Å². The minimum Gasteiger partial charge on any atom is -0.327 e. The first-order valence-electron chi connectivity index (χ1n) is 9.75. The number of fused-ring (bicyclic) bond motifs is 2. The number of benzene rings is 2. The van der Waals surface area contributed by atoms with Crippen LogP contribution in [0.5, 0.6) is 0 Å². The zero-order valence-electron chi connectivity index (χ0n) is 17.6. The van der Waals surface area contributed by atoms with Gasteiger partial charge in [-0.3, -0.25) is 4.79 Å². The maximum Gasteiger partial charge on any atom is 0.260 e. The zero-order valence-corrected chi connectivity index (χ0v) is 18.4. The Morgan fingerprint density at radius 2 is 1.74 bits per heavy atom. The fourth-order valence-electron chi connectivity index (χ4n) is 3.49. The molecule has 1 aliphatic rings. The van der Waals surface area contributed by atoms with E-state index in [2.05, 4.69) is 20.9 Å². The Hall–Kier alpha value is -3.59. The van der Waals surface area contributed by atoms with Crippen LogP contribution >= 0.6 is 0 Å². The third kappa shape index (κ3) is 4.17. The molecule has 31 heavy (non-hydrogen) atoms. The summed E-state index contributed by atoms with van der Waals surface area (Å²) in [6, 6.07) is 14.8. The van der Waals surface area contributed by atoms with Gasteiger partial charge in [0.2, 0.25) is 5.95 Å². The van der Waals surface area contributed by atoms with E-state index in [1.807, 2.05) is 55.3 Å². The van der Waals surface area contributed by atoms with E-state index < -0.39 is 9.71 Å². The monoisotopic (exact) mass is 436 g/mol. The van der Waals surface area contributed by atoms with Crippen molar-refractivity contribution >= 4 is 56.0 Å². The first kappa shape index (κ1) is 20.7. The first-order valence-corrected chi connectivity index (χ1v) is 11.9. The van der Waals surface area contributed by atoms with Crippen molar-refractivity contribution in [1.82, 2.24) is 9.97 Å². The number of hydrogen-bond acceptors (Lipinski definition) is 6. The molecule has 2 N–H and O–H groups in total. The lowest BCUT2D eigenvalue weighted by atomic mass is 10.1. The van der Waals surface area contributed by atoms with Crippen LogP contribution < -0.4 is 19.8 Å². The van der Waals surface area contributed by atoms with E-state index in [0.29, 0.717) is 35.2 Å². The normalized spacial score (nSPS) is 14.9. The minimum atomic E-state index is -2.34. The molecule has 3 aromatic rings. The highest BCUT2D eigenvalue weighted by atomic mass is 32.2. The third-order valence-electron chi connectivity index (χ3n) is 4.89. The molecule has 0 saturated carbocycles. The lowest BCUT2D eigenvalue weighted by molar-refractivity contribution is 0.0989. The van der Waals surface area contributed by atoms with Gasteiger partial charge in [-0.05, 0) is 49.2 Å². The molecule has 1 aliphatic heterocycles. The second kappa shape index (κ2) is 7.92. The van der Waals surface area contributed by atoms with Crippen molar-refractivity contribution in [2.24, 2.45) is 0 Å². The van der Waals surface area contributed by atoms with Crippen molar-refractivity contribution in [2.45, 2.75) is 6.92 Å². The largest absolute Gasteiger partial charge is 0.327 e. The summed E-state index contributed by atoms with van der Waals surface area (Å²) in [5.41, 5.74) is 3.56. The smallest absolute Gasteiger partial charge is 0.260 e. The predicted octanol–water partition coefficient (Wildman–Crippen LogP) is 3.64. The molecule has 9 heteroatoms. The molecule has 0 saturated heterocycles. The molecule has 1 unspecified atom stereocenters. The van der Waals surface area contributed by atoms with Gasteiger partial charge in [-0.25, -0.2) is 9.19 Å². The van der Waals surface area contributed by atoms with Crippen LogP contribution in [0.25, 0.3) is 0 Å². The van der Waals surface area contributed by atoms with Gasteiger partial charge in [-0.2, -0.15) is 4.98 Å². The fraction of sp³-hybridized carbons (Fsp3) is 0.182. The van der Waals surface area contributed by atoms with Gasteiger partial charge in [0.05, 0.1) is 17.4 Å². The summed E-state index contributed by atoms with van der Waals surface area (Å²) in [5, 5.41) is 3.19. The number of nitrogens with one attached hydrogen (secondary N) is 2. The number of carbonyl (C=O) groups excluding carboxylic acids is 1. The van der Waals surface area contributed by atoms with Crippen molar-refractivity contribution in [3.8, 4) is 0 Å². The minimum absolute atomic E-state index is 0.0750. The molecule has 0 bridgehead atoms. The summed E-state index contributed by atoms with van der Waals surface area (Å²) < 4.78 is 14.7. The summed E-state index contributed by atoms with van der Waals surface area (Å²) in [6.07, 6.45) is 3.21. The molecule has 4 rings (SSSR count). The van der Waals surface area contributed by atoms with Gasteiger partial charge in [-0.15, -0.1) is 0 Å². The molecule has 0 aliphatic carbocycles. The van der Waals surface area contributed by atoms with E-state index >= 15 is 0 Å². The Labute approximate surface area is 182 Å². The number of anilines is 6. The maximum atomic E-state index is 13.1. The van der Waals surface area contributed by atoms with E-state index in [9.17, 15) is 9.00 Å². The molecular formula is C22H24N6O2S. The average Bonchev–Trinajstić information content (AvgIpc) is 2.82. The summed E-state index contributed by atoms with van der Waals surface area (Å²) in [5.74, 6) is 4.57. The second-order valence-corrected chi connectivity index (χ2v) is 9.55. The quantitative estimate of drug-likeness (QED) is 0.594. The number of aromatic nitrogens is 2.